The molecule has 0 spiro atoms. The lowest BCUT2D eigenvalue weighted by atomic mass is 9.97. The highest BCUT2D eigenvalue weighted by atomic mass is 16.2. The van der Waals surface area contributed by atoms with Crippen LogP contribution in [0.2, 0.25) is 0 Å². The van der Waals surface area contributed by atoms with Crippen molar-refractivity contribution in [3.05, 3.63) is 41.6 Å². The van der Waals surface area contributed by atoms with Crippen LogP contribution in [0.5, 0.6) is 0 Å². The van der Waals surface area contributed by atoms with Crippen molar-refractivity contribution in [3.63, 3.8) is 0 Å². The van der Waals surface area contributed by atoms with Gasteiger partial charge in [-0.1, -0.05) is 0 Å². The average molecular weight is 337 g/mol. The molecule has 4 N–H and O–H groups in total. The van der Waals surface area contributed by atoms with Crippen LogP contribution >= 0.6 is 0 Å². The molecule has 4 rings (SSSR count). The second-order valence-corrected chi connectivity index (χ2v) is 6.28. The minimum absolute atomic E-state index is 0.123. The summed E-state index contributed by atoms with van der Waals surface area (Å²) in [4.78, 5) is 30.2. The van der Waals surface area contributed by atoms with Crippen molar-refractivity contribution in [2.75, 3.05) is 36.4 Å². The van der Waals surface area contributed by atoms with Gasteiger partial charge in [0.25, 0.3) is 0 Å². The smallest absolute Gasteiger partial charge is 0.249 e. The number of aromatic nitrogens is 1. The van der Waals surface area contributed by atoms with Gasteiger partial charge in [0.15, 0.2) is 0 Å². The van der Waals surface area contributed by atoms with Gasteiger partial charge < -0.3 is 21.3 Å². The van der Waals surface area contributed by atoms with Crippen molar-refractivity contribution in [2.45, 2.75) is 6.42 Å². The number of nitrogens with two attached hydrogens (primary N) is 1. The van der Waals surface area contributed by atoms with Crippen LogP contribution in [0.4, 0.5) is 11.5 Å². The highest BCUT2D eigenvalue weighted by molar-refractivity contribution is 6.06. The number of primary amides is 1. The Morgan fingerprint density at radius 1 is 1.16 bits per heavy atom. The average Bonchev–Trinajstić information content (AvgIpc) is 3.01. The Balaban J connectivity index is 1.68. The molecule has 2 aromatic rings. The number of carbonyl (C=O) groups is 2. The number of carbonyl (C=O) groups excluding carboxylic acids is 2. The number of nitrogens with zero attached hydrogens (tertiary/aromatic N) is 2. The Bertz CT molecular complexity index is 841. The zero-order chi connectivity index (χ0) is 17.4. The standard InChI is InChI=1S/C18H19N5O2/c19-18(25)14-7-12(8-15-13(14)9-17(24)22-15)11-1-2-16(21-10-11)23-5-3-20-4-6-23/h1-2,7-8,10,20H,3-6,9H2,(H2,19,25)(H,22,24). The van der Waals surface area contributed by atoms with Crippen LogP contribution in [0.15, 0.2) is 30.5 Å². The zero-order valence-electron chi connectivity index (χ0n) is 13.7. The van der Waals surface area contributed by atoms with Gasteiger partial charge in [-0.15, -0.1) is 0 Å². The molecular weight excluding hydrogens is 318 g/mol. The molecule has 0 radical (unpaired) electrons. The molecule has 3 heterocycles. The molecule has 25 heavy (non-hydrogen) atoms. The number of hydrogen-bond donors (Lipinski definition) is 3. The predicted molar refractivity (Wildman–Crippen MR) is 95.6 cm³/mol. The number of fused-ring (bicyclic) bond motifs is 1. The number of amides is 2. The lowest BCUT2D eigenvalue weighted by Crippen LogP contribution is -2.43. The molecule has 1 saturated heterocycles. The van der Waals surface area contributed by atoms with E-state index in [4.69, 9.17) is 5.73 Å². The van der Waals surface area contributed by atoms with E-state index in [0.29, 0.717) is 16.8 Å². The molecule has 2 aliphatic heterocycles. The van der Waals surface area contributed by atoms with Gasteiger partial charge >= 0.3 is 0 Å². The van der Waals surface area contributed by atoms with E-state index >= 15 is 0 Å². The van der Waals surface area contributed by atoms with Crippen LogP contribution < -0.4 is 21.3 Å². The van der Waals surface area contributed by atoms with Crippen molar-refractivity contribution < 1.29 is 9.59 Å². The lowest BCUT2D eigenvalue weighted by molar-refractivity contribution is -0.115. The highest BCUT2D eigenvalue weighted by Crippen LogP contribution is 2.33. The second-order valence-electron chi connectivity index (χ2n) is 6.28. The van der Waals surface area contributed by atoms with E-state index in [0.717, 1.165) is 43.1 Å². The first-order chi connectivity index (χ1) is 12.1. The number of hydrogen-bond acceptors (Lipinski definition) is 5. The minimum atomic E-state index is -0.528. The van der Waals surface area contributed by atoms with E-state index in [9.17, 15) is 9.59 Å². The number of rotatable bonds is 3. The number of piperazine rings is 1. The third kappa shape index (κ3) is 2.94. The first kappa shape index (κ1) is 15.6. The van der Waals surface area contributed by atoms with Gasteiger partial charge in [0.05, 0.1) is 6.42 Å². The largest absolute Gasteiger partial charge is 0.366 e. The molecule has 0 saturated carbocycles. The summed E-state index contributed by atoms with van der Waals surface area (Å²) in [5.74, 6) is 0.289. The molecule has 7 nitrogen and oxygen atoms in total. The summed E-state index contributed by atoms with van der Waals surface area (Å²) in [5.41, 5.74) is 8.90. The fraction of sp³-hybridized carbons (Fsp3) is 0.278. The summed E-state index contributed by atoms with van der Waals surface area (Å²) in [6.07, 6.45) is 1.98. The summed E-state index contributed by atoms with van der Waals surface area (Å²) in [6, 6.07) is 7.57. The van der Waals surface area contributed by atoms with Gasteiger partial charge in [0.1, 0.15) is 5.82 Å². The van der Waals surface area contributed by atoms with E-state index < -0.39 is 5.91 Å². The van der Waals surface area contributed by atoms with Crippen molar-refractivity contribution in [2.24, 2.45) is 5.73 Å². The van der Waals surface area contributed by atoms with E-state index in [1.54, 1.807) is 12.3 Å². The summed E-state index contributed by atoms with van der Waals surface area (Å²) >= 11 is 0. The van der Waals surface area contributed by atoms with E-state index in [-0.39, 0.29) is 12.3 Å². The van der Waals surface area contributed by atoms with Gasteiger partial charge in [-0.3, -0.25) is 9.59 Å². The van der Waals surface area contributed by atoms with Crippen LogP contribution in [0.3, 0.4) is 0 Å². The van der Waals surface area contributed by atoms with Crippen LogP contribution in [0.1, 0.15) is 15.9 Å². The number of pyridine rings is 1. The summed E-state index contributed by atoms with van der Waals surface area (Å²) < 4.78 is 0. The van der Waals surface area contributed by atoms with Gasteiger partial charge in [0.2, 0.25) is 11.8 Å². The van der Waals surface area contributed by atoms with E-state index in [1.165, 1.54) is 0 Å². The van der Waals surface area contributed by atoms with Crippen molar-refractivity contribution in [1.82, 2.24) is 10.3 Å². The van der Waals surface area contributed by atoms with Crippen molar-refractivity contribution in [3.8, 4) is 11.1 Å². The Hall–Kier alpha value is -2.93. The van der Waals surface area contributed by atoms with Gasteiger partial charge in [-0.05, 0) is 35.4 Å². The Morgan fingerprint density at radius 3 is 2.64 bits per heavy atom. The maximum atomic E-state index is 11.8. The Morgan fingerprint density at radius 2 is 1.96 bits per heavy atom. The first-order valence-electron chi connectivity index (χ1n) is 8.30. The zero-order valence-corrected chi connectivity index (χ0v) is 13.7. The minimum Gasteiger partial charge on any atom is -0.366 e. The molecule has 0 bridgehead atoms. The molecule has 0 aliphatic carbocycles. The molecule has 0 atom stereocenters. The molecule has 0 unspecified atom stereocenters. The second kappa shape index (κ2) is 6.18. The Kier molecular flexibility index (Phi) is 3.85. The van der Waals surface area contributed by atoms with Crippen molar-refractivity contribution >= 4 is 23.3 Å². The molecule has 128 valence electrons. The Labute approximate surface area is 145 Å². The predicted octanol–water partition coefficient (Wildman–Crippen LogP) is 0.752. The number of nitrogens with one attached hydrogen (secondary N) is 2. The molecule has 7 heteroatoms. The molecule has 1 fully saturated rings. The third-order valence-corrected chi connectivity index (χ3v) is 4.65. The summed E-state index contributed by atoms with van der Waals surface area (Å²) in [6.45, 7) is 3.78. The highest BCUT2D eigenvalue weighted by Gasteiger charge is 2.24. The first-order valence-corrected chi connectivity index (χ1v) is 8.30. The lowest BCUT2D eigenvalue weighted by Gasteiger charge is -2.28. The normalized spacial score (nSPS) is 16.5. The number of anilines is 2. The van der Waals surface area contributed by atoms with Crippen LogP contribution in [-0.4, -0.2) is 43.0 Å². The van der Waals surface area contributed by atoms with Crippen molar-refractivity contribution in [1.29, 1.82) is 0 Å². The molecular formula is C18H19N5O2. The summed E-state index contributed by atoms with van der Waals surface area (Å²) in [5, 5.41) is 6.10. The molecule has 2 amide bonds. The summed E-state index contributed by atoms with van der Waals surface area (Å²) in [7, 11) is 0. The molecule has 1 aromatic heterocycles. The topological polar surface area (TPSA) is 100 Å². The van der Waals surface area contributed by atoms with Gasteiger partial charge in [0, 0.05) is 49.2 Å². The van der Waals surface area contributed by atoms with E-state index in [1.807, 2.05) is 18.2 Å². The monoisotopic (exact) mass is 337 g/mol. The van der Waals surface area contributed by atoms with Crippen LogP contribution in [0.25, 0.3) is 11.1 Å². The SMILES string of the molecule is NC(=O)c1cc(-c2ccc(N3CCNCC3)nc2)cc2c1CC(=O)N2. The maximum absolute atomic E-state index is 11.8. The quantitative estimate of drug-likeness (QED) is 0.767. The van der Waals surface area contributed by atoms with Gasteiger partial charge in [-0.2, -0.15) is 0 Å². The molecule has 1 aromatic carbocycles. The fourth-order valence-electron chi connectivity index (χ4n) is 3.35. The number of benzene rings is 1. The fourth-order valence-corrected chi connectivity index (χ4v) is 3.35. The maximum Gasteiger partial charge on any atom is 0.249 e. The molecule has 2 aliphatic rings. The van der Waals surface area contributed by atoms with Gasteiger partial charge in [-0.25, -0.2) is 4.98 Å². The van der Waals surface area contributed by atoms with Crippen LogP contribution in [-0.2, 0) is 11.2 Å². The third-order valence-electron chi connectivity index (χ3n) is 4.65. The van der Waals surface area contributed by atoms with E-state index in [2.05, 4.69) is 20.5 Å². The van der Waals surface area contributed by atoms with Crippen LogP contribution in [0, 0.1) is 0 Å².